The van der Waals surface area contributed by atoms with Gasteiger partial charge in [0.05, 0.1) is 19.2 Å². The number of cyclic esters (lactones) is 1. The van der Waals surface area contributed by atoms with Crippen molar-refractivity contribution in [1.82, 2.24) is 0 Å². The highest BCUT2D eigenvalue weighted by atomic mass is 16.6. The Hall–Kier alpha value is -2.06. The van der Waals surface area contributed by atoms with Gasteiger partial charge in [0.1, 0.15) is 6.61 Å². The molecule has 1 aromatic carbocycles. The summed E-state index contributed by atoms with van der Waals surface area (Å²) in [5.41, 5.74) is 2.98. The van der Waals surface area contributed by atoms with Gasteiger partial charge in [-0.25, -0.2) is 9.64 Å². The second-order valence-corrected chi connectivity index (χ2v) is 4.25. The maximum absolute atomic E-state index is 11.7. The Bertz CT molecular complexity index is 534. The first kappa shape index (κ1) is 12.4. The molecule has 0 aliphatic carbocycles. The minimum atomic E-state index is -0.452. The minimum Gasteiger partial charge on any atom is -0.447 e. The third-order valence-electron chi connectivity index (χ3n) is 3.28. The van der Waals surface area contributed by atoms with Crippen molar-refractivity contribution >= 4 is 17.5 Å². The lowest BCUT2D eigenvalue weighted by Gasteiger charge is -2.23. The standard InChI is InChI=1S/C13H14N2O3/c1-8-9(2)12(5-4-11(8)14-3)15-10(6-16)7-18-13(15)17/h4-5,10,16H,6-7H2,1-2H3/t10-/m0/s1. The highest BCUT2D eigenvalue weighted by molar-refractivity contribution is 5.92. The van der Waals surface area contributed by atoms with Gasteiger partial charge in [-0.3, -0.25) is 4.90 Å². The van der Waals surface area contributed by atoms with Gasteiger partial charge in [0.2, 0.25) is 0 Å². The maximum Gasteiger partial charge on any atom is 0.414 e. The van der Waals surface area contributed by atoms with Crippen molar-refractivity contribution in [3.63, 3.8) is 0 Å². The van der Waals surface area contributed by atoms with E-state index in [0.29, 0.717) is 11.4 Å². The Balaban J connectivity index is 2.49. The fourth-order valence-corrected chi connectivity index (χ4v) is 2.06. The molecule has 1 aliphatic heterocycles. The molecule has 94 valence electrons. The number of carbonyl (C=O) groups excluding carboxylic acids is 1. The van der Waals surface area contributed by atoms with Crippen molar-refractivity contribution in [2.24, 2.45) is 0 Å². The summed E-state index contributed by atoms with van der Waals surface area (Å²) in [6.45, 7) is 10.8. The minimum absolute atomic E-state index is 0.144. The van der Waals surface area contributed by atoms with Crippen LogP contribution in [0.1, 0.15) is 11.1 Å². The molecule has 5 nitrogen and oxygen atoms in total. The summed E-state index contributed by atoms with van der Waals surface area (Å²) in [7, 11) is 0. The van der Waals surface area contributed by atoms with Crippen LogP contribution in [0.25, 0.3) is 4.85 Å². The zero-order valence-electron chi connectivity index (χ0n) is 10.3. The predicted octanol–water partition coefficient (Wildman–Crippen LogP) is 2.17. The van der Waals surface area contributed by atoms with Crippen LogP contribution in [0.2, 0.25) is 0 Å². The Morgan fingerprint density at radius 2 is 2.22 bits per heavy atom. The number of aliphatic hydroxyl groups is 1. The van der Waals surface area contributed by atoms with Crippen LogP contribution >= 0.6 is 0 Å². The Morgan fingerprint density at radius 3 is 2.83 bits per heavy atom. The van der Waals surface area contributed by atoms with Crippen LogP contribution in [0.15, 0.2) is 12.1 Å². The van der Waals surface area contributed by atoms with E-state index in [1.165, 1.54) is 4.90 Å². The number of amides is 1. The summed E-state index contributed by atoms with van der Waals surface area (Å²) in [6.07, 6.45) is -0.452. The van der Waals surface area contributed by atoms with Crippen LogP contribution in [-0.4, -0.2) is 30.5 Å². The smallest absolute Gasteiger partial charge is 0.414 e. The van der Waals surface area contributed by atoms with E-state index in [1.807, 2.05) is 13.8 Å². The number of nitrogens with zero attached hydrogens (tertiary/aromatic N) is 2. The van der Waals surface area contributed by atoms with Gasteiger partial charge in [-0.15, -0.1) is 0 Å². The summed E-state index contributed by atoms with van der Waals surface area (Å²) in [4.78, 5) is 16.6. The number of anilines is 1. The Morgan fingerprint density at radius 1 is 1.50 bits per heavy atom. The summed E-state index contributed by atoms with van der Waals surface area (Å²) >= 11 is 0. The van der Waals surface area contributed by atoms with E-state index < -0.39 is 6.09 Å². The fourth-order valence-electron chi connectivity index (χ4n) is 2.06. The lowest BCUT2D eigenvalue weighted by Crippen LogP contribution is -2.36. The number of ether oxygens (including phenoxy) is 1. The number of benzene rings is 1. The summed E-state index contributed by atoms with van der Waals surface area (Å²) < 4.78 is 4.94. The molecule has 2 rings (SSSR count). The van der Waals surface area contributed by atoms with Crippen LogP contribution in [-0.2, 0) is 4.74 Å². The lowest BCUT2D eigenvalue weighted by atomic mass is 10.0. The molecular weight excluding hydrogens is 232 g/mol. The number of hydrogen-bond donors (Lipinski definition) is 1. The Labute approximate surface area is 105 Å². The molecule has 1 atom stereocenters. The van der Waals surface area contributed by atoms with Crippen molar-refractivity contribution < 1.29 is 14.6 Å². The van der Waals surface area contributed by atoms with Gasteiger partial charge in [-0.2, -0.15) is 0 Å². The summed E-state index contributed by atoms with van der Waals surface area (Å²) in [6, 6.07) is 3.06. The van der Waals surface area contributed by atoms with E-state index >= 15 is 0 Å². The molecule has 0 radical (unpaired) electrons. The van der Waals surface area contributed by atoms with Gasteiger partial charge in [-0.05, 0) is 31.0 Å². The molecule has 0 aromatic heterocycles. The van der Waals surface area contributed by atoms with Crippen LogP contribution in [0.3, 0.4) is 0 Å². The monoisotopic (exact) mass is 246 g/mol. The molecule has 5 heteroatoms. The maximum atomic E-state index is 11.7. The number of rotatable bonds is 2. The fraction of sp³-hybridized carbons (Fsp3) is 0.385. The molecule has 18 heavy (non-hydrogen) atoms. The first-order valence-electron chi connectivity index (χ1n) is 5.64. The van der Waals surface area contributed by atoms with Gasteiger partial charge < -0.3 is 9.84 Å². The zero-order chi connectivity index (χ0) is 13.3. The van der Waals surface area contributed by atoms with E-state index in [-0.39, 0.29) is 19.3 Å². The normalized spacial score (nSPS) is 18.7. The topological polar surface area (TPSA) is 54.1 Å². The van der Waals surface area contributed by atoms with Crippen molar-refractivity contribution in [3.8, 4) is 0 Å². The van der Waals surface area contributed by atoms with Crippen LogP contribution in [0.5, 0.6) is 0 Å². The zero-order valence-corrected chi connectivity index (χ0v) is 10.3. The first-order chi connectivity index (χ1) is 8.60. The van der Waals surface area contributed by atoms with Gasteiger partial charge in [0.25, 0.3) is 0 Å². The number of carbonyl (C=O) groups is 1. The van der Waals surface area contributed by atoms with Gasteiger partial charge in [0.15, 0.2) is 5.69 Å². The van der Waals surface area contributed by atoms with Gasteiger partial charge in [-0.1, -0.05) is 6.07 Å². The molecule has 0 bridgehead atoms. The third-order valence-corrected chi connectivity index (χ3v) is 3.28. The van der Waals surface area contributed by atoms with Crippen molar-refractivity contribution in [2.75, 3.05) is 18.1 Å². The lowest BCUT2D eigenvalue weighted by molar-refractivity contribution is 0.174. The van der Waals surface area contributed by atoms with Crippen LogP contribution in [0, 0.1) is 20.4 Å². The molecule has 0 saturated carbocycles. The average Bonchev–Trinajstić information content (AvgIpc) is 2.74. The van der Waals surface area contributed by atoms with Crippen molar-refractivity contribution in [3.05, 3.63) is 34.7 Å². The molecule has 1 aromatic rings. The highest BCUT2D eigenvalue weighted by Crippen LogP contribution is 2.33. The molecule has 1 N–H and O–H groups in total. The number of hydrogen-bond acceptors (Lipinski definition) is 3. The second kappa shape index (κ2) is 4.67. The van der Waals surface area contributed by atoms with E-state index in [9.17, 15) is 9.90 Å². The molecule has 0 unspecified atom stereocenters. The SMILES string of the molecule is [C-]#[N+]c1ccc(N2C(=O)OC[C@@H]2CO)c(C)c1C. The molecule has 1 heterocycles. The van der Waals surface area contributed by atoms with E-state index in [2.05, 4.69) is 4.85 Å². The van der Waals surface area contributed by atoms with E-state index in [1.54, 1.807) is 12.1 Å². The van der Waals surface area contributed by atoms with Crippen LogP contribution in [0.4, 0.5) is 16.2 Å². The van der Waals surface area contributed by atoms with Crippen molar-refractivity contribution in [1.29, 1.82) is 0 Å². The van der Waals surface area contributed by atoms with E-state index in [4.69, 9.17) is 11.3 Å². The van der Waals surface area contributed by atoms with Gasteiger partial charge in [0, 0.05) is 5.69 Å². The number of aliphatic hydroxyl groups excluding tert-OH is 1. The quantitative estimate of drug-likeness (QED) is 0.814. The highest BCUT2D eigenvalue weighted by Gasteiger charge is 2.34. The molecule has 1 amide bonds. The molecule has 1 aliphatic rings. The van der Waals surface area contributed by atoms with E-state index in [0.717, 1.165) is 11.1 Å². The third kappa shape index (κ3) is 1.81. The summed E-state index contributed by atoms with van der Waals surface area (Å²) in [5.74, 6) is 0. The first-order valence-corrected chi connectivity index (χ1v) is 5.64. The largest absolute Gasteiger partial charge is 0.447 e. The molecule has 1 fully saturated rings. The Kier molecular flexibility index (Phi) is 3.21. The van der Waals surface area contributed by atoms with Crippen molar-refractivity contribution in [2.45, 2.75) is 19.9 Å². The average molecular weight is 246 g/mol. The molecular formula is C13H14N2O3. The second-order valence-electron chi connectivity index (χ2n) is 4.25. The predicted molar refractivity (Wildman–Crippen MR) is 66.9 cm³/mol. The molecule has 0 spiro atoms. The van der Waals surface area contributed by atoms with Gasteiger partial charge >= 0.3 is 6.09 Å². The summed E-state index contributed by atoms with van der Waals surface area (Å²) in [5, 5.41) is 9.25. The van der Waals surface area contributed by atoms with Crippen LogP contribution < -0.4 is 4.90 Å². The molecule has 1 saturated heterocycles.